The third-order valence-corrected chi connectivity index (χ3v) is 3.67. The number of nitrogens with one attached hydrogen (secondary N) is 2. The van der Waals surface area contributed by atoms with Crippen LogP contribution in [-0.2, 0) is 0 Å². The number of hydrogen-bond donors (Lipinski definition) is 2. The van der Waals surface area contributed by atoms with Gasteiger partial charge in [-0.25, -0.2) is 4.98 Å². The molecular weight excluding hydrogens is 276 g/mol. The summed E-state index contributed by atoms with van der Waals surface area (Å²) >= 11 is 1.55. The molecule has 106 valence electrons. The number of nitro groups is 1. The maximum atomic E-state index is 11.0. The molecule has 0 aliphatic heterocycles. The first kappa shape index (κ1) is 14.3. The molecule has 20 heavy (non-hydrogen) atoms. The zero-order valence-electron chi connectivity index (χ0n) is 11.3. The van der Waals surface area contributed by atoms with E-state index in [0.717, 1.165) is 10.7 Å². The molecule has 2 N–H and O–H groups in total. The highest BCUT2D eigenvalue weighted by Crippen LogP contribution is 2.27. The molecule has 2 aromatic rings. The Morgan fingerprint density at radius 2 is 2.15 bits per heavy atom. The number of rotatable bonds is 6. The van der Waals surface area contributed by atoms with Crippen molar-refractivity contribution in [2.45, 2.75) is 19.9 Å². The smallest absolute Gasteiger partial charge is 0.273 e. The van der Waals surface area contributed by atoms with E-state index in [0.29, 0.717) is 12.2 Å². The highest BCUT2D eigenvalue weighted by Gasteiger charge is 2.13. The minimum Gasteiger partial charge on any atom is -0.385 e. The summed E-state index contributed by atoms with van der Waals surface area (Å²) < 4.78 is 0. The molecule has 2 rings (SSSR count). The van der Waals surface area contributed by atoms with E-state index < -0.39 is 0 Å². The van der Waals surface area contributed by atoms with E-state index in [1.165, 1.54) is 12.1 Å². The van der Waals surface area contributed by atoms with Gasteiger partial charge in [-0.2, -0.15) is 0 Å². The fraction of sp³-hybridized carbons (Fsp3) is 0.308. The summed E-state index contributed by atoms with van der Waals surface area (Å²) in [6.07, 6.45) is 1.75. The van der Waals surface area contributed by atoms with Gasteiger partial charge in [0.2, 0.25) is 0 Å². The molecule has 0 aliphatic carbocycles. The van der Waals surface area contributed by atoms with Crippen LogP contribution >= 0.6 is 11.3 Å². The number of aromatic nitrogens is 1. The van der Waals surface area contributed by atoms with E-state index in [2.05, 4.69) is 15.6 Å². The van der Waals surface area contributed by atoms with E-state index in [-0.39, 0.29) is 16.7 Å². The van der Waals surface area contributed by atoms with Gasteiger partial charge in [-0.3, -0.25) is 10.1 Å². The first-order chi connectivity index (χ1) is 9.60. The summed E-state index contributed by atoms with van der Waals surface area (Å²) in [4.78, 5) is 14.8. The van der Waals surface area contributed by atoms with Crippen molar-refractivity contribution < 1.29 is 4.92 Å². The molecule has 0 amide bonds. The second-order valence-corrected chi connectivity index (χ2v) is 5.22. The number of nitro benzene ring substituents is 1. The number of thiazole rings is 1. The molecule has 0 fully saturated rings. The topological polar surface area (TPSA) is 80.1 Å². The Kier molecular flexibility index (Phi) is 4.52. The van der Waals surface area contributed by atoms with Gasteiger partial charge in [0, 0.05) is 41.6 Å². The SMILES string of the molecule is CCNc1cc(NC(C)c2nccs2)cc([N+](=O)[O-])c1. The Balaban J connectivity index is 2.23. The molecule has 0 spiro atoms. The summed E-state index contributed by atoms with van der Waals surface area (Å²) in [6.45, 7) is 4.64. The van der Waals surface area contributed by atoms with Crippen LogP contribution in [0.4, 0.5) is 17.1 Å². The van der Waals surface area contributed by atoms with Gasteiger partial charge in [0.15, 0.2) is 0 Å². The highest BCUT2D eigenvalue weighted by molar-refractivity contribution is 7.09. The largest absolute Gasteiger partial charge is 0.385 e. The van der Waals surface area contributed by atoms with Gasteiger partial charge < -0.3 is 10.6 Å². The van der Waals surface area contributed by atoms with Crippen LogP contribution in [0.15, 0.2) is 29.8 Å². The lowest BCUT2D eigenvalue weighted by Crippen LogP contribution is -2.07. The van der Waals surface area contributed by atoms with Crippen molar-refractivity contribution in [3.63, 3.8) is 0 Å². The predicted molar refractivity (Wildman–Crippen MR) is 81.4 cm³/mol. The molecule has 0 bridgehead atoms. The fourth-order valence-corrected chi connectivity index (χ4v) is 2.51. The zero-order valence-corrected chi connectivity index (χ0v) is 12.1. The Hall–Kier alpha value is -2.15. The zero-order chi connectivity index (χ0) is 14.5. The Morgan fingerprint density at radius 3 is 2.75 bits per heavy atom. The lowest BCUT2D eigenvalue weighted by molar-refractivity contribution is -0.384. The van der Waals surface area contributed by atoms with Crippen LogP contribution in [0.1, 0.15) is 24.9 Å². The lowest BCUT2D eigenvalue weighted by atomic mass is 10.2. The third kappa shape index (κ3) is 3.45. The van der Waals surface area contributed by atoms with Gasteiger partial charge >= 0.3 is 0 Å². The monoisotopic (exact) mass is 292 g/mol. The van der Waals surface area contributed by atoms with Crippen LogP contribution in [0, 0.1) is 10.1 Å². The summed E-state index contributed by atoms with van der Waals surface area (Å²) in [5.74, 6) is 0. The normalized spacial score (nSPS) is 11.9. The highest BCUT2D eigenvalue weighted by atomic mass is 32.1. The van der Waals surface area contributed by atoms with Crippen molar-refractivity contribution in [1.29, 1.82) is 0 Å². The van der Waals surface area contributed by atoms with Crippen LogP contribution < -0.4 is 10.6 Å². The van der Waals surface area contributed by atoms with E-state index in [9.17, 15) is 10.1 Å². The van der Waals surface area contributed by atoms with Gasteiger partial charge in [-0.1, -0.05) is 0 Å². The number of nitrogens with zero attached hydrogens (tertiary/aromatic N) is 2. The second-order valence-electron chi connectivity index (χ2n) is 4.29. The van der Waals surface area contributed by atoms with Gasteiger partial charge in [-0.05, 0) is 19.9 Å². The predicted octanol–water partition coefficient (Wildman–Crippen LogP) is 3.66. The first-order valence-corrected chi connectivity index (χ1v) is 7.17. The fourth-order valence-electron chi connectivity index (χ4n) is 1.87. The molecular formula is C13H16N4O2S. The number of non-ortho nitro benzene ring substituents is 1. The molecule has 0 saturated carbocycles. The van der Waals surface area contributed by atoms with Crippen molar-refractivity contribution in [3.05, 3.63) is 44.9 Å². The van der Waals surface area contributed by atoms with E-state index in [1.807, 2.05) is 25.3 Å². The van der Waals surface area contributed by atoms with Crippen molar-refractivity contribution in [2.24, 2.45) is 0 Å². The molecule has 0 saturated heterocycles. The lowest BCUT2D eigenvalue weighted by Gasteiger charge is -2.14. The second kappa shape index (κ2) is 6.33. The summed E-state index contributed by atoms with van der Waals surface area (Å²) in [6, 6.07) is 4.93. The van der Waals surface area contributed by atoms with Crippen LogP contribution in [0.5, 0.6) is 0 Å². The summed E-state index contributed by atoms with van der Waals surface area (Å²) in [5.41, 5.74) is 1.51. The first-order valence-electron chi connectivity index (χ1n) is 6.29. The molecule has 1 unspecified atom stereocenters. The molecule has 7 heteroatoms. The Labute approximate surface area is 121 Å². The molecule has 1 heterocycles. The van der Waals surface area contributed by atoms with Crippen molar-refractivity contribution >= 4 is 28.4 Å². The minimum absolute atomic E-state index is 0.00600. The molecule has 0 aliphatic rings. The van der Waals surface area contributed by atoms with Crippen molar-refractivity contribution in [2.75, 3.05) is 17.2 Å². The molecule has 0 radical (unpaired) electrons. The van der Waals surface area contributed by atoms with Crippen LogP contribution in [0.25, 0.3) is 0 Å². The number of benzene rings is 1. The van der Waals surface area contributed by atoms with Gasteiger partial charge in [0.25, 0.3) is 5.69 Å². The number of anilines is 2. The maximum Gasteiger partial charge on any atom is 0.273 e. The van der Waals surface area contributed by atoms with Gasteiger partial charge in [-0.15, -0.1) is 11.3 Å². The average molecular weight is 292 g/mol. The molecule has 1 atom stereocenters. The number of hydrogen-bond acceptors (Lipinski definition) is 6. The molecule has 6 nitrogen and oxygen atoms in total. The maximum absolute atomic E-state index is 11.0. The Morgan fingerprint density at radius 1 is 1.40 bits per heavy atom. The van der Waals surface area contributed by atoms with E-state index in [4.69, 9.17) is 0 Å². The average Bonchev–Trinajstić information content (AvgIpc) is 2.92. The molecule has 1 aromatic heterocycles. The quantitative estimate of drug-likeness (QED) is 0.627. The van der Waals surface area contributed by atoms with Crippen molar-refractivity contribution in [3.8, 4) is 0 Å². The van der Waals surface area contributed by atoms with Gasteiger partial charge in [0.05, 0.1) is 11.0 Å². The van der Waals surface area contributed by atoms with Crippen LogP contribution in [0.2, 0.25) is 0 Å². The Bertz CT molecular complexity index is 586. The minimum atomic E-state index is -0.389. The van der Waals surface area contributed by atoms with E-state index >= 15 is 0 Å². The summed E-state index contributed by atoms with van der Waals surface area (Å²) in [7, 11) is 0. The van der Waals surface area contributed by atoms with Gasteiger partial charge in [0.1, 0.15) is 5.01 Å². The van der Waals surface area contributed by atoms with Crippen LogP contribution in [0.3, 0.4) is 0 Å². The molecule has 1 aromatic carbocycles. The van der Waals surface area contributed by atoms with Crippen LogP contribution in [-0.4, -0.2) is 16.5 Å². The summed E-state index contributed by atoms with van der Waals surface area (Å²) in [5, 5.41) is 20.2. The van der Waals surface area contributed by atoms with E-state index in [1.54, 1.807) is 17.5 Å². The standard InChI is InChI=1S/C13H16N4O2S/c1-3-14-10-6-11(8-12(7-10)17(18)19)16-9(2)13-15-4-5-20-13/h4-9,14,16H,3H2,1-2H3. The third-order valence-electron chi connectivity index (χ3n) is 2.71. The van der Waals surface area contributed by atoms with Crippen molar-refractivity contribution in [1.82, 2.24) is 4.98 Å².